The molecule has 0 aromatic heterocycles. The van der Waals surface area contributed by atoms with Gasteiger partial charge in [-0.15, -0.1) is 0 Å². The van der Waals surface area contributed by atoms with E-state index in [-0.39, 0.29) is 18.5 Å². The minimum absolute atomic E-state index is 0.0829. The van der Waals surface area contributed by atoms with Gasteiger partial charge in [0.05, 0.1) is 13.7 Å². The fourth-order valence-corrected chi connectivity index (χ4v) is 2.71. The lowest BCUT2D eigenvalue weighted by molar-refractivity contribution is -0.120. The zero-order chi connectivity index (χ0) is 20.7. The molecule has 2 rings (SSSR count). The third-order valence-corrected chi connectivity index (χ3v) is 3.92. The Morgan fingerprint density at radius 2 is 1.75 bits per heavy atom. The average molecular weight is 396 g/mol. The summed E-state index contributed by atoms with van der Waals surface area (Å²) in [5, 5.41) is 11.1. The third-order valence-electron chi connectivity index (χ3n) is 3.92. The van der Waals surface area contributed by atoms with Gasteiger partial charge in [0.15, 0.2) is 0 Å². The molecular weight excluding hydrogens is 377 g/mol. The molecule has 1 unspecified atom stereocenters. The molecule has 0 saturated carbocycles. The first-order valence-electron chi connectivity index (χ1n) is 8.30. The molecule has 150 valence electrons. The summed E-state index contributed by atoms with van der Waals surface area (Å²) in [5.74, 6) is -1.94. The Labute approximate surface area is 159 Å². The SMILES string of the molecule is COc1ccc(N(CCF)C(=O)C(Cc2cc(F)cc(F)c2)NC(=O)O)cc1. The number of methoxy groups -OCH3 is 1. The van der Waals surface area contributed by atoms with Crippen LogP contribution >= 0.6 is 0 Å². The van der Waals surface area contributed by atoms with Crippen molar-refractivity contribution in [3.05, 3.63) is 59.7 Å². The molecular formula is C19H19F3N2O4. The Hall–Kier alpha value is -3.23. The molecule has 0 fully saturated rings. The average Bonchev–Trinajstić information content (AvgIpc) is 2.64. The largest absolute Gasteiger partial charge is 0.497 e. The summed E-state index contributed by atoms with van der Waals surface area (Å²) in [6.45, 7) is -1.19. The lowest BCUT2D eigenvalue weighted by Crippen LogP contribution is -2.50. The number of hydrogen-bond acceptors (Lipinski definition) is 3. The Bertz CT molecular complexity index is 810. The maximum absolute atomic E-state index is 13.4. The molecule has 1 atom stereocenters. The monoisotopic (exact) mass is 396 g/mol. The van der Waals surface area contributed by atoms with Crippen LogP contribution in [0.3, 0.4) is 0 Å². The van der Waals surface area contributed by atoms with Gasteiger partial charge in [-0.25, -0.2) is 18.0 Å². The first-order valence-corrected chi connectivity index (χ1v) is 8.30. The van der Waals surface area contributed by atoms with Crippen LogP contribution in [0.4, 0.5) is 23.7 Å². The maximum atomic E-state index is 13.4. The molecule has 0 spiro atoms. The molecule has 2 N–H and O–H groups in total. The first-order chi connectivity index (χ1) is 13.3. The van der Waals surface area contributed by atoms with E-state index < -0.39 is 36.4 Å². The van der Waals surface area contributed by atoms with Gasteiger partial charge in [0.25, 0.3) is 0 Å². The number of amides is 2. The van der Waals surface area contributed by atoms with E-state index in [4.69, 9.17) is 9.84 Å². The van der Waals surface area contributed by atoms with Crippen LogP contribution in [0, 0.1) is 11.6 Å². The van der Waals surface area contributed by atoms with Crippen LogP contribution in [0.15, 0.2) is 42.5 Å². The molecule has 0 aliphatic rings. The van der Waals surface area contributed by atoms with Crippen molar-refractivity contribution < 1.29 is 32.6 Å². The van der Waals surface area contributed by atoms with Crippen LogP contribution in [0.25, 0.3) is 0 Å². The quantitative estimate of drug-likeness (QED) is 0.719. The molecule has 0 radical (unpaired) electrons. The van der Waals surface area contributed by atoms with E-state index in [0.29, 0.717) is 17.5 Å². The number of benzene rings is 2. The van der Waals surface area contributed by atoms with Gasteiger partial charge in [-0.05, 0) is 42.0 Å². The van der Waals surface area contributed by atoms with Gasteiger partial charge >= 0.3 is 6.09 Å². The number of rotatable bonds is 8. The van der Waals surface area contributed by atoms with Crippen LogP contribution in [0.5, 0.6) is 5.75 Å². The summed E-state index contributed by atoms with van der Waals surface area (Å²) in [5.41, 5.74) is 0.408. The Morgan fingerprint density at radius 1 is 1.14 bits per heavy atom. The molecule has 0 saturated heterocycles. The van der Waals surface area contributed by atoms with Crippen LogP contribution in [0.1, 0.15) is 5.56 Å². The number of halogens is 3. The second kappa shape index (κ2) is 9.63. The number of anilines is 1. The number of ether oxygens (including phenoxy) is 1. The topological polar surface area (TPSA) is 78.9 Å². The first kappa shape index (κ1) is 21.1. The molecule has 28 heavy (non-hydrogen) atoms. The zero-order valence-corrected chi connectivity index (χ0v) is 15.0. The van der Waals surface area contributed by atoms with E-state index in [1.165, 1.54) is 19.2 Å². The van der Waals surface area contributed by atoms with E-state index >= 15 is 0 Å². The highest BCUT2D eigenvalue weighted by Gasteiger charge is 2.27. The predicted molar refractivity (Wildman–Crippen MR) is 96.3 cm³/mol. The molecule has 0 bridgehead atoms. The molecule has 2 aromatic carbocycles. The van der Waals surface area contributed by atoms with Crippen molar-refractivity contribution in [2.24, 2.45) is 0 Å². The molecule has 6 nitrogen and oxygen atoms in total. The Balaban J connectivity index is 2.32. The van der Waals surface area contributed by atoms with E-state index in [2.05, 4.69) is 0 Å². The normalized spacial score (nSPS) is 11.6. The Morgan fingerprint density at radius 3 is 2.25 bits per heavy atom. The molecule has 2 aromatic rings. The van der Waals surface area contributed by atoms with Gasteiger partial charge in [-0.1, -0.05) is 0 Å². The fourth-order valence-electron chi connectivity index (χ4n) is 2.71. The number of alkyl halides is 1. The fraction of sp³-hybridized carbons (Fsp3) is 0.263. The van der Waals surface area contributed by atoms with Gasteiger partial charge < -0.3 is 20.1 Å². The van der Waals surface area contributed by atoms with Crippen molar-refractivity contribution in [3.63, 3.8) is 0 Å². The van der Waals surface area contributed by atoms with Gasteiger partial charge in [0.2, 0.25) is 5.91 Å². The van der Waals surface area contributed by atoms with Crippen LogP contribution in [0.2, 0.25) is 0 Å². The third kappa shape index (κ3) is 5.63. The van der Waals surface area contributed by atoms with Crippen molar-refractivity contribution in [3.8, 4) is 5.75 Å². The standard InChI is InChI=1S/C19H19F3N2O4/c1-28-16-4-2-15(3-5-16)24(7-6-20)18(25)17(23-19(26)27)10-12-8-13(21)11-14(22)9-12/h2-5,8-9,11,17,23H,6-7,10H2,1H3,(H,26,27). The van der Waals surface area contributed by atoms with E-state index in [1.807, 2.05) is 5.32 Å². The molecule has 0 heterocycles. The number of carbonyl (C=O) groups excluding carboxylic acids is 1. The van der Waals surface area contributed by atoms with Crippen molar-refractivity contribution in [1.82, 2.24) is 5.32 Å². The highest BCUT2D eigenvalue weighted by Crippen LogP contribution is 2.21. The molecule has 2 amide bonds. The van der Waals surface area contributed by atoms with Crippen LogP contribution in [-0.2, 0) is 11.2 Å². The molecule has 9 heteroatoms. The summed E-state index contributed by atoms with van der Waals surface area (Å²) in [6.07, 6.45) is -1.80. The summed E-state index contributed by atoms with van der Waals surface area (Å²) >= 11 is 0. The number of carboxylic acid groups (broad SMARTS) is 1. The summed E-state index contributed by atoms with van der Waals surface area (Å²) < 4.78 is 44.9. The predicted octanol–water partition coefficient (Wildman–Crippen LogP) is 3.15. The lowest BCUT2D eigenvalue weighted by atomic mass is 10.0. The van der Waals surface area contributed by atoms with Crippen LogP contribution < -0.4 is 15.0 Å². The van der Waals surface area contributed by atoms with E-state index in [9.17, 15) is 22.8 Å². The molecule has 0 aliphatic carbocycles. The van der Waals surface area contributed by atoms with Crippen molar-refractivity contribution in [2.75, 3.05) is 25.2 Å². The summed E-state index contributed by atoms with van der Waals surface area (Å²) in [4.78, 5) is 25.1. The lowest BCUT2D eigenvalue weighted by Gasteiger charge is -2.27. The van der Waals surface area contributed by atoms with Crippen molar-refractivity contribution in [2.45, 2.75) is 12.5 Å². The minimum atomic E-state index is -1.50. The smallest absolute Gasteiger partial charge is 0.405 e. The van der Waals surface area contributed by atoms with E-state index in [1.54, 1.807) is 12.1 Å². The number of nitrogens with one attached hydrogen (secondary N) is 1. The zero-order valence-electron chi connectivity index (χ0n) is 15.0. The number of carbonyl (C=O) groups is 2. The second-order valence-corrected chi connectivity index (χ2v) is 5.86. The van der Waals surface area contributed by atoms with Crippen molar-refractivity contribution >= 4 is 17.7 Å². The van der Waals surface area contributed by atoms with Gasteiger partial charge in [-0.2, -0.15) is 0 Å². The van der Waals surface area contributed by atoms with Crippen LogP contribution in [-0.4, -0.2) is 43.5 Å². The Kier molecular flexibility index (Phi) is 7.25. The van der Waals surface area contributed by atoms with E-state index in [0.717, 1.165) is 17.0 Å². The second-order valence-electron chi connectivity index (χ2n) is 5.86. The summed E-state index contributed by atoms with van der Waals surface area (Å²) in [7, 11) is 1.46. The number of hydrogen-bond donors (Lipinski definition) is 2. The number of nitrogens with zero attached hydrogens (tertiary/aromatic N) is 1. The van der Waals surface area contributed by atoms with Gasteiger partial charge in [-0.3, -0.25) is 4.79 Å². The maximum Gasteiger partial charge on any atom is 0.405 e. The summed E-state index contributed by atoms with van der Waals surface area (Å²) in [6, 6.07) is 7.47. The minimum Gasteiger partial charge on any atom is -0.497 e. The van der Waals surface area contributed by atoms with Gasteiger partial charge in [0.1, 0.15) is 30.1 Å². The highest BCUT2D eigenvalue weighted by atomic mass is 19.1. The van der Waals surface area contributed by atoms with Crippen molar-refractivity contribution in [1.29, 1.82) is 0 Å². The molecule has 0 aliphatic heterocycles. The highest BCUT2D eigenvalue weighted by molar-refractivity contribution is 5.98. The van der Waals surface area contributed by atoms with Gasteiger partial charge in [0, 0.05) is 18.2 Å².